The summed E-state index contributed by atoms with van der Waals surface area (Å²) in [5.74, 6) is -1.61. The molecule has 1 atom stereocenters. The minimum Gasteiger partial charge on any atom is -0.339 e. The zero-order valence-electron chi connectivity index (χ0n) is 15.6. The standard InChI is InChI=1S/C18H19F3N6O2/c1-11-13(16(29)25-7-2-4-12(6-9-25)18(19,20)21)10-22-27(11)17-23-15(28)14-5-3-8-26(14)24-17/h3,5,8,10,12H,2,4,6-7,9H2,1H3,(H,23,24,28). The van der Waals surface area contributed by atoms with Crippen molar-refractivity contribution in [1.29, 1.82) is 0 Å². The summed E-state index contributed by atoms with van der Waals surface area (Å²) < 4.78 is 41.7. The summed E-state index contributed by atoms with van der Waals surface area (Å²) in [4.78, 5) is 29.1. The number of aromatic nitrogens is 5. The average Bonchev–Trinajstić information content (AvgIpc) is 3.19. The van der Waals surface area contributed by atoms with Gasteiger partial charge < -0.3 is 4.90 Å². The lowest BCUT2D eigenvalue weighted by atomic mass is 10.0. The van der Waals surface area contributed by atoms with Gasteiger partial charge in [-0.3, -0.25) is 14.6 Å². The van der Waals surface area contributed by atoms with E-state index in [1.165, 1.54) is 20.3 Å². The fraction of sp³-hybridized carbons (Fsp3) is 0.444. The van der Waals surface area contributed by atoms with Gasteiger partial charge in [-0.15, -0.1) is 5.10 Å². The first-order valence-corrected chi connectivity index (χ1v) is 9.24. The van der Waals surface area contributed by atoms with Crippen molar-refractivity contribution in [3.8, 4) is 5.95 Å². The van der Waals surface area contributed by atoms with Crippen LogP contribution in [0.1, 0.15) is 35.3 Å². The molecule has 1 saturated heterocycles. The van der Waals surface area contributed by atoms with Crippen LogP contribution in [0.15, 0.2) is 29.3 Å². The number of hydrogen-bond acceptors (Lipinski definition) is 4. The van der Waals surface area contributed by atoms with Gasteiger partial charge in [-0.1, -0.05) is 0 Å². The molecule has 8 nitrogen and oxygen atoms in total. The summed E-state index contributed by atoms with van der Waals surface area (Å²) in [5, 5.41) is 8.43. The number of aromatic amines is 1. The van der Waals surface area contributed by atoms with Gasteiger partial charge in [0.1, 0.15) is 5.52 Å². The van der Waals surface area contributed by atoms with E-state index < -0.39 is 12.1 Å². The highest BCUT2D eigenvalue weighted by Crippen LogP contribution is 2.34. The normalized spacial score (nSPS) is 18.2. The fourth-order valence-electron chi connectivity index (χ4n) is 3.66. The third-order valence-electron chi connectivity index (χ3n) is 5.31. The number of halogens is 3. The van der Waals surface area contributed by atoms with Crippen molar-refractivity contribution in [1.82, 2.24) is 29.3 Å². The molecule has 0 spiro atoms. The van der Waals surface area contributed by atoms with Crippen LogP contribution in [0.3, 0.4) is 0 Å². The van der Waals surface area contributed by atoms with Crippen LogP contribution in [-0.2, 0) is 0 Å². The topological polar surface area (TPSA) is 88.3 Å². The molecule has 3 aromatic rings. The third kappa shape index (κ3) is 3.52. The van der Waals surface area contributed by atoms with E-state index in [1.807, 2.05) is 0 Å². The molecule has 0 bridgehead atoms. The Kier molecular flexibility index (Phi) is 4.67. The van der Waals surface area contributed by atoms with Gasteiger partial charge in [0.2, 0.25) is 5.95 Å². The first kappa shape index (κ1) is 19.2. The Balaban J connectivity index is 1.59. The molecule has 4 rings (SSSR count). The number of carbonyl (C=O) groups is 1. The summed E-state index contributed by atoms with van der Waals surface area (Å²) in [5.41, 5.74) is 0.735. The zero-order valence-corrected chi connectivity index (χ0v) is 15.6. The molecular weight excluding hydrogens is 389 g/mol. The molecular formula is C18H19F3N6O2. The van der Waals surface area contributed by atoms with E-state index in [1.54, 1.807) is 25.3 Å². The minimum atomic E-state index is -4.24. The number of amides is 1. The number of rotatable bonds is 2. The van der Waals surface area contributed by atoms with Crippen LogP contribution >= 0.6 is 0 Å². The van der Waals surface area contributed by atoms with Gasteiger partial charge in [0.15, 0.2) is 0 Å². The Bertz CT molecular complexity index is 1110. The van der Waals surface area contributed by atoms with E-state index in [0.29, 0.717) is 17.6 Å². The number of H-pyrrole nitrogens is 1. The predicted molar refractivity (Wildman–Crippen MR) is 97.0 cm³/mol. The van der Waals surface area contributed by atoms with Crippen LogP contribution in [0, 0.1) is 12.8 Å². The Labute approximate surface area is 162 Å². The molecule has 0 radical (unpaired) electrons. The number of hydrogen-bond donors (Lipinski definition) is 1. The van der Waals surface area contributed by atoms with E-state index in [2.05, 4.69) is 15.2 Å². The lowest BCUT2D eigenvalue weighted by Gasteiger charge is -2.21. The molecule has 1 aliphatic heterocycles. The van der Waals surface area contributed by atoms with E-state index >= 15 is 0 Å². The molecule has 0 aromatic carbocycles. The smallest absolute Gasteiger partial charge is 0.339 e. The quantitative estimate of drug-likeness (QED) is 0.705. The Hall–Kier alpha value is -3.11. The minimum absolute atomic E-state index is 0.0214. The highest BCUT2D eigenvalue weighted by Gasteiger charge is 2.40. The molecule has 1 unspecified atom stereocenters. The second-order valence-electron chi connectivity index (χ2n) is 7.13. The summed E-state index contributed by atoms with van der Waals surface area (Å²) >= 11 is 0. The van der Waals surface area contributed by atoms with Crippen LogP contribution < -0.4 is 5.56 Å². The number of alkyl halides is 3. The number of nitrogens with zero attached hydrogens (tertiary/aromatic N) is 5. The number of fused-ring (bicyclic) bond motifs is 1. The van der Waals surface area contributed by atoms with Crippen molar-refractivity contribution in [2.75, 3.05) is 13.1 Å². The second-order valence-corrected chi connectivity index (χ2v) is 7.13. The summed E-state index contributed by atoms with van der Waals surface area (Å²) in [6, 6.07) is 3.30. The van der Waals surface area contributed by atoms with Gasteiger partial charge in [0.05, 0.1) is 23.4 Å². The maximum Gasteiger partial charge on any atom is 0.391 e. The first-order chi connectivity index (χ1) is 13.8. The molecule has 0 saturated carbocycles. The predicted octanol–water partition coefficient (Wildman–Crippen LogP) is 2.32. The largest absolute Gasteiger partial charge is 0.391 e. The van der Waals surface area contributed by atoms with Crippen LogP contribution in [0.4, 0.5) is 13.2 Å². The zero-order chi connectivity index (χ0) is 20.8. The summed E-state index contributed by atoms with van der Waals surface area (Å²) in [7, 11) is 0. The number of carbonyl (C=O) groups excluding carboxylic acids is 1. The molecule has 3 aromatic heterocycles. The van der Waals surface area contributed by atoms with Crippen molar-refractivity contribution < 1.29 is 18.0 Å². The summed E-state index contributed by atoms with van der Waals surface area (Å²) in [6.45, 7) is 1.95. The molecule has 4 heterocycles. The highest BCUT2D eigenvalue weighted by atomic mass is 19.4. The van der Waals surface area contributed by atoms with Gasteiger partial charge in [-0.2, -0.15) is 18.3 Å². The van der Waals surface area contributed by atoms with Crippen molar-refractivity contribution in [2.45, 2.75) is 32.4 Å². The molecule has 29 heavy (non-hydrogen) atoms. The van der Waals surface area contributed by atoms with Gasteiger partial charge in [0, 0.05) is 19.3 Å². The van der Waals surface area contributed by atoms with Gasteiger partial charge in [0.25, 0.3) is 11.5 Å². The molecule has 154 valence electrons. The maximum atomic E-state index is 13.0. The van der Waals surface area contributed by atoms with Gasteiger partial charge in [-0.25, -0.2) is 9.20 Å². The van der Waals surface area contributed by atoms with Crippen LogP contribution in [0.5, 0.6) is 0 Å². The van der Waals surface area contributed by atoms with E-state index in [0.717, 1.165) is 0 Å². The molecule has 1 amide bonds. The number of nitrogens with one attached hydrogen (secondary N) is 1. The molecule has 1 aliphatic rings. The molecule has 1 fully saturated rings. The van der Waals surface area contributed by atoms with E-state index in [-0.39, 0.29) is 48.9 Å². The average molecular weight is 408 g/mol. The maximum absolute atomic E-state index is 13.0. The fourth-order valence-corrected chi connectivity index (χ4v) is 3.66. The van der Waals surface area contributed by atoms with Crippen molar-refractivity contribution in [3.63, 3.8) is 0 Å². The highest BCUT2D eigenvalue weighted by molar-refractivity contribution is 5.95. The Morgan fingerprint density at radius 3 is 2.83 bits per heavy atom. The van der Waals surface area contributed by atoms with Gasteiger partial charge >= 0.3 is 6.18 Å². The molecule has 1 N–H and O–H groups in total. The summed E-state index contributed by atoms with van der Waals surface area (Å²) in [6.07, 6.45) is -1.07. The van der Waals surface area contributed by atoms with E-state index in [4.69, 9.17) is 0 Å². The van der Waals surface area contributed by atoms with Crippen LogP contribution in [0.25, 0.3) is 11.5 Å². The monoisotopic (exact) mass is 408 g/mol. The van der Waals surface area contributed by atoms with Crippen molar-refractivity contribution >= 4 is 11.4 Å². The van der Waals surface area contributed by atoms with Crippen molar-refractivity contribution in [2.24, 2.45) is 5.92 Å². The first-order valence-electron chi connectivity index (χ1n) is 9.24. The SMILES string of the molecule is Cc1c(C(=O)N2CCCC(C(F)(F)F)CC2)cnn1-c1nn2cccc2c(=O)[nH]1. The van der Waals surface area contributed by atoms with Crippen LogP contribution in [0.2, 0.25) is 0 Å². The molecule has 11 heteroatoms. The van der Waals surface area contributed by atoms with Crippen molar-refractivity contribution in [3.05, 3.63) is 46.1 Å². The second kappa shape index (κ2) is 7.05. The van der Waals surface area contributed by atoms with E-state index in [9.17, 15) is 22.8 Å². The lowest BCUT2D eigenvalue weighted by molar-refractivity contribution is -0.177. The van der Waals surface area contributed by atoms with Crippen LogP contribution in [-0.4, -0.2) is 54.5 Å². The Morgan fingerprint density at radius 1 is 1.28 bits per heavy atom. The number of likely N-dealkylation sites (tertiary alicyclic amines) is 1. The lowest BCUT2D eigenvalue weighted by Crippen LogP contribution is -2.33. The Morgan fingerprint density at radius 2 is 2.07 bits per heavy atom. The third-order valence-corrected chi connectivity index (χ3v) is 5.31. The van der Waals surface area contributed by atoms with Gasteiger partial charge in [-0.05, 0) is 38.3 Å². The molecule has 0 aliphatic carbocycles.